The van der Waals surface area contributed by atoms with Crippen molar-refractivity contribution in [3.8, 4) is 12.3 Å². The fraction of sp³-hybridized carbons (Fsp3) is 0.385. The summed E-state index contributed by atoms with van der Waals surface area (Å²) in [6.07, 6.45) is 4.88. The van der Waals surface area contributed by atoms with Crippen molar-refractivity contribution >= 4 is 20.0 Å². The van der Waals surface area contributed by atoms with E-state index in [1.54, 1.807) is 18.2 Å². The minimum Gasteiger partial charge on any atom is -0.361 e. The molecule has 0 saturated heterocycles. The van der Waals surface area contributed by atoms with Crippen LogP contribution in [-0.4, -0.2) is 41.2 Å². The Hall–Kier alpha value is -1.40. The van der Waals surface area contributed by atoms with Crippen molar-refractivity contribution in [1.82, 2.24) is 0 Å². The Morgan fingerprint density at radius 1 is 1.19 bits per heavy atom. The largest absolute Gasteiger partial charge is 0.361 e. The molecule has 1 aromatic rings. The molecule has 1 unspecified atom stereocenters. The molecule has 1 rings (SSSR count). The van der Waals surface area contributed by atoms with Gasteiger partial charge in [0.25, 0.3) is 10.1 Å². The topological polar surface area (TPSA) is 86.7 Å². The van der Waals surface area contributed by atoms with Crippen molar-refractivity contribution in [1.29, 1.82) is 0 Å². The van der Waals surface area contributed by atoms with Crippen LogP contribution < -0.4 is 0 Å². The molecule has 0 fully saturated rings. The second kappa shape index (κ2) is 7.56. The van der Waals surface area contributed by atoms with Gasteiger partial charge in [0, 0.05) is 0 Å². The molecule has 1 atom stereocenters. The number of hydrogen-bond donors (Lipinski definition) is 0. The smallest absolute Gasteiger partial charge is 0.270 e. The van der Waals surface area contributed by atoms with E-state index in [4.69, 9.17) is 11.2 Å². The van der Waals surface area contributed by atoms with E-state index in [1.165, 1.54) is 19.1 Å². The number of sulfone groups is 1. The third kappa shape index (κ3) is 5.47. The van der Waals surface area contributed by atoms with E-state index in [2.05, 4.69) is 4.18 Å². The molecule has 0 aromatic heterocycles. The van der Waals surface area contributed by atoms with Gasteiger partial charge in [0.2, 0.25) is 9.84 Å². The van der Waals surface area contributed by atoms with Crippen LogP contribution in [0.3, 0.4) is 0 Å². The molecule has 0 saturated carbocycles. The van der Waals surface area contributed by atoms with Crippen LogP contribution >= 0.6 is 0 Å². The van der Waals surface area contributed by atoms with E-state index in [1.807, 2.05) is 5.92 Å². The maximum Gasteiger partial charge on any atom is 0.270 e. The third-order valence-electron chi connectivity index (χ3n) is 2.52. The van der Waals surface area contributed by atoms with Gasteiger partial charge in [-0.2, -0.15) is 8.42 Å². The highest BCUT2D eigenvalue weighted by Gasteiger charge is 2.24. The zero-order chi connectivity index (χ0) is 15.9. The van der Waals surface area contributed by atoms with Crippen molar-refractivity contribution in [2.24, 2.45) is 0 Å². The molecule has 21 heavy (non-hydrogen) atoms. The Kier molecular flexibility index (Phi) is 6.36. The Morgan fingerprint density at radius 3 is 2.38 bits per heavy atom. The summed E-state index contributed by atoms with van der Waals surface area (Å²) in [5.74, 6) is 1.56. The van der Waals surface area contributed by atoms with Gasteiger partial charge in [0.15, 0.2) is 5.44 Å². The lowest BCUT2D eigenvalue weighted by Crippen LogP contribution is -2.25. The van der Waals surface area contributed by atoms with Gasteiger partial charge in [-0.25, -0.2) is 8.42 Å². The number of ether oxygens (including phenoxy) is 1. The van der Waals surface area contributed by atoms with Crippen LogP contribution in [0.5, 0.6) is 0 Å². The van der Waals surface area contributed by atoms with Crippen LogP contribution in [0.1, 0.15) is 6.92 Å². The summed E-state index contributed by atoms with van der Waals surface area (Å²) in [5, 5.41) is 0. The first-order valence-electron chi connectivity index (χ1n) is 6.01. The van der Waals surface area contributed by atoms with Gasteiger partial charge in [-0.3, -0.25) is 4.18 Å². The quantitative estimate of drug-likeness (QED) is 0.517. The standard InChI is InChI=1S/C13H16O6S2/c1-3-9-19-20(14,15)11-10-18-12(2)21(16,17)13-7-5-4-6-8-13/h1,4-8,12H,9-11H2,2H3. The van der Waals surface area contributed by atoms with Gasteiger partial charge in [-0.05, 0) is 19.1 Å². The van der Waals surface area contributed by atoms with E-state index in [-0.39, 0.29) is 18.1 Å². The second-order valence-electron chi connectivity index (χ2n) is 4.02. The average Bonchev–Trinajstić information content (AvgIpc) is 2.45. The van der Waals surface area contributed by atoms with Crippen molar-refractivity contribution in [2.45, 2.75) is 17.3 Å². The lowest BCUT2D eigenvalue weighted by molar-refractivity contribution is 0.129. The van der Waals surface area contributed by atoms with E-state index in [0.29, 0.717) is 0 Å². The number of hydrogen-bond acceptors (Lipinski definition) is 6. The predicted octanol–water partition coefficient (Wildman–Crippen LogP) is 0.802. The average molecular weight is 332 g/mol. The minimum absolute atomic E-state index is 0.115. The maximum atomic E-state index is 12.1. The lowest BCUT2D eigenvalue weighted by Gasteiger charge is -2.14. The van der Waals surface area contributed by atoms with Gasteiger partial charge >= 0.3 is 0 Å². The summed E-state index contributed by atoms with van der Waals surface area (Å²) < 4.78 is 56.5. The molecular weight excluding hydrogens is 316 g/mol. The minimum atomic E-state index is -3.81. The van der Waals surface area contributed by atoms with E-state index in [9.17, 15) is 16.8 Å². The number of benzene rings is 1. The second-order valence-corrected chi connectivity index (χ2v) is 8.01. The molecule has 0 amide bonds. The van der Waals surface area contributed by atoms with Gasteiger partial charge < -0.3 is 4.74 Å². The van der Waals surface area contributed by atoms with Gasteiger partial charge in [0.1, 0.15) is 6.61 Å². The van der Waals surface area contributed by atoms with Crippen LogP contribution in [0, 0.1) is 12.3 Å². The molecule has 6 nitrogen and oxygen atoms in total. The van der Waals surface area contributed by atoms with Gasteiger partial charge in [0.05, 0.1) is 17.3 Å². The highest BCUT2D eigenvalue weighted by molar-refractivity contribution is 7.91. The molecule has 0 aliphatic carbocycles. The normalized spacial score (nSPS) is 13.5. The van der Waals surface area contributed by atoms with Crippen LogP contribution in [0.2, 0.25) is 0 Å². The summed E-state index contributed by atoms with van der Waals surface area (Å²) in [6, 6.07) is 7.78. The molecule has 0 radical (unpaired) electrons. The maximum absolute atomic E-state index is 12.1. The number of rotatable bonds is 8. The zero-order valence-corrected chi connectivity index (χ0v) is 13.1. The van der Waals surface area contributed by atoms with E-state index >= 15 is 0 Å². The highest BCUT2D eigenvalue weighted by Crippen LogP contribution is 2.16. The first-order valence-corrected chi connectivity index (χ1v) is 9.13. The van der Waals surface area contributed by atoms with Crippen molar-refractivity contribution in [2.75, 3.05) is 19.0 Å². The highest BCUT2D eigenvalue weighted by atomic mass is 32.2. The molecule has 116 valence electrons. The monoisotopic (exact) mass is 332 g/mol. The Morgan fingerprint density at radius 2 is 1.81 bits per heavy atom. The zero-order valence-electron chi connectivity index (χ0n) is 11.4. The Balaban J connectivity index is 2.59. The SMILES string of the molecule is C#CCOS(=O)(=O)CCOC(C)S(=O)(=O)c1ccccc1. The first kappa shape index (κ1) is 17.7. The molecule has 0 aliphatic heterocycles. The Bertz CT molecular complexity index is 686. The van der Waals surface area contributed by atoms with Gasteiger partial charge in [-0.1, -0.05) is 24.1 Å². The van der Waals surface area contributed by atoms with E-state index < -0.39 is 31.1 Å². The summed E-state index contributed by atoms with van der Waals surface area (Å²) in [5.41, 5.74) is -1.16. The molecule has 0 spiro atoms. The first-order chi connectivity index (χ1) is 9.79. The van der Waals surface area contributed by atoms with Crippen molar-refractivity contribution in [3.05, 3.63) is 30.3 Å². The fourth-order valence-electron chi connectivity index (χ4n) is 1.39. The summed E-state index contributed by atoms with van der Waals surface area (Å²) in [6.45, 7) is 0.678. The van der Waals surface area contributed by atoms with Gasteiger partial charge in [-0.15, -0.1) is 6.42 Å². The third-order valence-corrected chi connectivity index (χ3v) is 5.60. The predicted molar refractivity (Wildman–Crippen MR) is 77.6 cm³/mol. The molecular formula is C13H16O6S2. The lowest BCUT2D eigenvalue weighted by atomic mass is 10.4. The Labute approximate surface area is 125 Å². The van der Waals surface area contributed by atoms with Crippen LogP contribution in [-0.2, 0) is 28.9 Å². The van der Waals surface area contributed by atoms with E-state index in [0.717, 1.165) is 0 Å². The van der Waals surface area contributed by atoms with Crippen molar-refractivity contribution < 1.29 is 25.8 Å². The van der Waals surface area contributed by atoms with Crippen LogP contribution in [0.15, 0.2) is 35.2 Å². The molecule has 0 bridgehead atoms. The molecule has 0 N–H and O–H groups in total. The summed E-state index contributed by atoms with van der Waals surface area (Å²) in [4.78, 5) is 0.115. The van der Waals surface area contributed by atoms with Crippen molar-refractivity contribution in [3.63, 3.8) is 0 Å². The summed E-state index contributed by atoms with van der Waals surface area (Å²) >= 11 is 0. The van der Waals surface area contributed by atoms with Crippen LogP contribution in [0.4, 0.5) is 0 Å². The fourth-order valence-corrected chi connectivity index (χ4v) is 3.25. The molecule has 8 heteroatoms. The van der Waals surface area contributed by atoms with Crippen LogP contribution in [0.25, 0.3) is 0 Å². The molecule has 0 heterocycles. The number of terminal acetylenes is 1. The molecule has 1 aromatic carbocycles. The molecule has 0 aliphatic rings. The summed E-state index contributed by atoms with van der Waals surface area (Å²) in [7, 11) is -7.48.